The normalized spacial score (nSPS) is 21.6. The molecule has 0 fully saturated rings. The molecule has 0 aromatic rings. The average Bonchev–Trinajstić information content (AvgIpc) is 2.15. The van der Waals surface area contributed by atoms with Gasteiger partial charge >= 0.3 is 6.09 Å². The van der Waals surface area contributed by atoms with Crippen LogP contribution in [0.4, 0.5) is 4.79 Å². The summed E-state index contributed by atoms with van der Waals surface area (Å²) in [5.74, 6) is 0. The Labute approximate surface area is 103 Å². The maximum atomic E-state index is 11.4. The summed E-state index contributed by atoms with van der Waals surface area (Å²) < 4.78 is 24.7. The lowest BCUT2D eigenvalue weighted by Crippen LogP contribution is -2.32. The number of hydrogen-bond acceptors (Lipinski definition) is 3. The summed E-state index contributed by atoms with van der Waals surface area (Å²) in [4.78, 5) is 11.4. The molecule has 1 rings (SSSR count). The number of ether oxygens (including phenoxy) is 1. The Bertz CT molecular complexity index is 381. The highest BCUT2D eigenvalue weighted by Crippen LogP contribution is 2.13. The second kappa shape index (κ2) is 5.46. The van der Waals surface area contributed by atoms with Crippen molar-refractivity contribution in [2.24, 2.45) is 0 Å². The van der Waals surface area contributed by atoms with Crippen LogP contribution in [0.15, 0.2) is 23.9 Å². The molecule has 1 aliphatic rings. The van der Waals surface area contributed by atoms with Gasteiger partial charge in [-0.3, -0.25) is 5.32 Å². The maximum Gasteiger partial charge on any atom is 0.412 e. The fourth-order valence-electron chi connectivity index (χ4n) is 1.26. The first-order chi connectivity index (χ1) is 7.78. The molecule has 1 aliphatic carbocycles. The van der Waals surface area contributed by atoms with Crippen molar-refractivity contribution >= 4 is 17.2 Å². The molecule has 17 heavy (non-hydrogen) atoms. The first kappa shape index (κ1) is 13.9. The topological polar surface area (TPSA) is 75.6 Å². The molecule has 0 saturated carbocycles. The third-order valence-corrected chi connectivity index (χ3v) is 2.83. The van der Waals surface area contributed by atoms with Crippen LogP contribution in [0.25, 0.3) is 0 Å². The van der Waals surface area contributed by atoms with Crippen molar-refractivity contribution in [1.29, 1.82) is 0 Å². The lowest BCUT2D eigenvalue weighted by atomic mass is 10.1. The van der Waals surface area contributed by atoms with Crippen LogP contribution in [0.5, 0.6) is 0 Å². The summed E-state index contributed by atoms with van der Waals surface area (Å²) >= 11 is -1.87. The van der Waals surface area contributed by atoms with Crippen molar-refractivity contribution in [3.63, 3.8) is 0 Å². The number of alkyl carbamates (subject to hydrolysis) is 1. The quantitative estimate of drug-likeness (QED) is 0.743. The van der Waals surface area contributed by atoms with E-state index in [4.69, 9.17) is 9.29 Å². The van der Waals surface area contributed by atoms with E-state index in [1.54, 1.807) is 39.0 Å². The van der Waals surface area contributed by atoms with Gasteiger partial charge in [0.2, 0.25) is 0 Å². The number of rotatable bonds is 2. The molecule has 96 valence electrons. The second-order valence-corrected chi connectivity index (χ2v) is 5.85. The van der Waals surface area contributed by atoms with Crippen molar-refractivity contribution in [1.82, 2.24) is 5.32 Å². The van der Waals surface area contributed by atoms with E-state index in [0.29, 0.717) is 12.1 Å². The number of hydrogen-bond donors (Lipinski definition) is 2. The molecule has 0 aromatic heterocycles. The number of amides is 1. The Morgan fingerprint density at radius 3 is 2.65 bits per heavy atom. The van der Waals surface area contributed by atoms with Crippen LogP contribution in [0, 0.1) is 0 Å². The highest BCUT2D eigenvalue weighted by Gasteiger charge is 2.18. The van der Waals surface area contributed by atoms with Gasteiger partial charge in [0.25, 0.3) is 0 Å². The standard InChI is InChI=1S/C11H17NO4S/c1-11(2,3)16-10(13)12-8-4-6-9(7-5-8)17(14)15/h4-6,9H,7H2,1-3H3,(H,12,13)(H,14,15). The average molecular weight is 259 g/mol. The Balaban J connectivity index is 2.48. The molecule has 2 atom stereocenters. The Morgan fingerprint density at radius 1 is 1.59 bits per heavy atom. The molecule has 0 bridgehead atoms. The minimum absolute atomic E-state index is 0.404. The minimum atomic E-state index is -1.87. The number of nitrogens with one attached hydrogen (secondary N) is 1. The SMILES string of the molecule is CC(C)(C)OC(=O)NC1=CCC(S(=O)O)C=C1. The molecule has 1 amide bonds. The maximum absolute atomic E-state index is 11.4. The van der Waals surface area contributed by atoms with Crippen LogP contribution in [0.3, 0.4) is 0 Å². The van der Waals surface area contributed by atoms with Gasteiger partial charge in [-0.25, -0.2) is 9.00 Å². The predicted octanol–water partition coefficient (Wildman–Crippen LogP) is 1.95. The molecule has 0 aromatic carbocycles. The van der Waals surface area contributed by atoms with E-state index >= 15 is 0 Å². The summed E-state index contributed by atoms with van der Waals surface area (Å²) in [5, 5.41) is 2.16. The van der Waals surface area contributed by atoms with Gasteiger partial charge in [-0.1, -0.05) is 12.2 Å². The van der Waals surface area contributed by atoms with Crippen molar-refractivity contribution in [3.8, 4) is 0 Å². The van der Waals surface area contributed by atoms with Crippen LogP contribution in [-0.2, 0) is 15.8 Å². The van der Waals surface area contributed by atoms with E-state index in [-0.39, 0.29) is 0 Å². The zero-order valence-corrected chi connectivity index (χ0v) is 10.9. The van der Waals surface area contributed by atoms with Crippen molar-refractivity contribution < 1.29 is 18.3 Å². The smallest absolute Gasteiger partial charge is 0.412 e. The minimum Gasteiger partial charge on any atom is -0.444 e. The number of allylic oxidation sites excluding steroid dienone is 2. The zero-order chi connectivity index (χ0) is 13.1. The predicted molar refractivity (Wildman–Crippen MR) is 65.8 cm³/mol. The van der Waals surface area contributed by atoms with E-state index < -0.39 is 28.0 Å². The van der Waals surface area contributed by atoms with Crippen molar-refractivity contribution in [2.45, 2.75) is 38.0 Å². The summed E-state index contributed by atoms with van der Waals surface area (Å²) in [7, 11) is 0. The highest BCUT2D eigenvalue weighted by atomic mass is 32.2. The molecule has 0 aliphatic heterocycles. The Morgan fingerprint density at radius 2 is 2.24 bits per heavy atom. The Hall–Kier alpha value is -1.14. The molecule has 6 heteroatoms. The van der Waals surface area contributed by atoms with Gasteiger partial charge in [-0.05, 0) is 33.3 Å². The first-order valence-electron chi connectivity index (χ1n) is 5.26. The van der Waals surface area contributed by atoms with Gasteiger partial charge in [0.05, 0.1) is 5.25 Å². The zero-order valence-electron chi connectivity index (χ0n) is 10.1. The molecule has 0 radical (unpaired) electrons. The fourth-order valence-corrected chi connectivity index (χ4v) is 1.74. The third-order valence-electron chi connectivity index (χ3n) is 1.96. The molecule has 2 N–H and O–H groups in total. The van der Waals surface area contributed by atoms with Crippen LogP contribution >= 0.6 is 0 Å². The largest absolute Gasteiger partial charge is 0.444 e. The Kier molecular flexibility index (Phi) is 4.47. The monoisotopic (exact) mass is 259 g/mol. The van der Waals surface area contributed by atoms with Crippen LogP contribution < -0.4 is 5.32 Å². The molecular formula is C11H17NO4S. The summed E-state index contributed by atoms with van der Waals surface area (Å²) in [6.45, 7) is 5.34. The third kappa shape index (κ3) is 5.14. The lowest BCUT2D eigenvalue weighted by molar-refractivity contribution is 0.0547. The van der Waals surface area contributed by atoms with Crippen LogP contribution in [0.1, 0.15) is 27.2 Å². The molecular weight excluding hydrogens is 242 g/mol. The lowest BCUT2D eigenvalue weighted by Gasteiger charge is -2.20. The van der Waals surface area contributed by atoms with Gasteiger partial charge < -0.3 is 9.29 Å². The first-order valence-corrected chi connectivity index (χ1v) is 6.43. The van der Waals surface area contributed by atoms with Gasteiger partial charge in [0.1, 0.15) is 5.60 Å². The van der Waals surface area contributed by atoms with E-state index in [1.807, 2.05) is 0 Å². The van der Waals surface area contributed by atoms with Gasteiger partial charge in [-0.2, -0.15) is 0 Å². The summed E-state index contributed by atoms with van der Waals surface area (Å²) in [6.07, 6.45) is 4.79. The van der Waals surface area contributed by atoms with Gasteiger partial charge in [0, 0.05) is 5.70 Å². The molecule has 5 nitrogen and oxygen atoms in total. The molecule has 0 saturated heterocycles. The second-order valence-electron chi connectivity index (χ2n) is 4.70. The van der Waals surface area contributed by atoms with E-state index in [0.717, 1.165) is 0 Å². The summed E-state index contributed by atoms with van der Waals surface area (Å²) in [5.41, 5.74) is 0.0407. The fraction of sp³-hybridized carbons (Fsp3) is 0.545. The molecule has 0 spiro atoms. The van der Waals surface area contributed by atoms with Crippen LogP contribution in [0.2, 0.25) is 0 Å². The van der Waals surface area contributed by atoms with Crippen molar-refractivity contribution in [3.05, 3.63) is 23.9 Å². The highest BCUT2D eigenvalue weighted by molar-refractivity contribution is 7.80. The summed E-state index contributed by atoms with van der Waals surface area (Å²) in [6, 6.07) is 0. The molecule has 2 unspecified atom stereocenters. The molecule has 0 heterocycles. The van der Waals surface area contributed by atoms with E-state index in [2.05, 4.69) is 5.32 Å². The van der Waals surface area contributed by atoms with E-state index in [1.165, 1.54) is 0 Å². The van der Waals surface area contributed by atoms with Crippen molar-refractivity contribution in [2.75, 3.05) is 0 Å². The van der Waals surface area contributed by atoms with E-state index in [9.17, 15) is 9.00 Å². The number of carbonyl (C=O) groups excluding carboxylic acids is 1. The van der Waals surface area contributed by atoms with Gasteiger partial charge in [0.15, 0.2) is 11.1 Å². The van der Waals surface area contributed by atoms with Gasteiger partial charge in [-0.15, -0.1) is 0 Å². The number of carbonyl (C=O) groups is 1. The van der Waals surface area contributed by atoms with Crippen LogP contribution in [-0.4, -0.2) is 25.7 Å².